The molecule has 0 saturated carbocycles. The third kappa shape index (κ3) is 37.1. The molecule has 0 unspecified atom stereocenters. The van der Waals surface area contributed by atoms with Gasteiger partial charge in [-0.05, 0) is 82.4 Å². The van der Waals surface area contributed by atoms with E-state index >= 15 is 0 Å². The van der Waals surface area contributed by atoms with Gasteiger partial charge in [-0.15, -0.1) is 0 Å². The molecule has 0 radical (unpaired) electrons. The Balaban J connectivity index is 0.0000360. The molecule has 0 aliphatic heterocycles. The van der Waals surface area contributed by atoms with Gasteiger partial charge in [0, 0.05) is 0 Å². The maximum absolute atomic E-state index is 13.0. The zero-order valence-electron chi connectivity index (χ0n) is 39.7. The zero-order valence-corrected chi connectivity index (χ0v) is 43.6. The van der Waals surface area contributed by atoms with E-state index in [1.54, 1.807) is 0 Å². The second kappa shape index (κ2) is 44.4. The number of benzene rings is 1. The summed E-state index contributed by atoms with van der Waals surface area (Å²) < 4.78 is 45.9. The smallest absolute Gasteiger partial charge is 0.744 e. The van der Waals surface area contributed by atoms with E-state index in [9.17, 15) is 22.6 Å². The number of carbonyl (C=O) groups excluding carboxylic acids is 2. The van der Waals surface area contributed by atoms with Crippen molar-refractivity contribution >= 4 is 22.1 Å². The fourth-order valence-electron chi connectivity index (χ4n) is 7.62. The molecule has 0 fully saturated rings. The van der Waals surface area contributed by atoms with Crippen LogP contribution in [0, 0.1) is 0 Å². The summed E-state index contributed by atoms with van der Waals surface area (Å²) in [6.45, 7) is 4.88. The summed E-state index contributed by atoms with van der Waals surface area (Å²) >= 11 is 0. The molecule has 1 aromatic rings. The predicted molar refractivity (Wildman–Crippen MR) is 251 cm³/mol. The normalized spacial score (nSPS) is 11.7. The number of hydrogen-bond acceptors (Lipinski definition) is 7. The van der Waals surface area contributed by atoms with Gasteiger partial charge in [0.2, 0.25) is 0 Å². The number of esters is 2. The van der Waals surface area contributed by atoms with E-state index in [1.807, 2.05) is 0 Å². The molecule has 1 aromatic carbocycles. The van der Waals surface area contributed by atoms with Crippen LogP contribution >= 0.6 is 0 Å². The average Bonchev–Trinajstić information content (AvgIpc) is 3.24. The largest absolute Gasteiger partial charge is 1.00 e. The third-order valence-corrected chi connectivity index (χ3v) is 12.3. The van der Waals surface area contributed by atoms with Gasteiger partial charge in [0.15, 0.2) is 0 Å². The maximum Gasteiger partial charge on any atom is 1.00 e. The van der Waals surface area contributed by atoms with Gasteiger partial charge in [-0.25, -0.2) is 18.0 Å². The number of ether oxygens (including phenoxy) is 2. The Kier molecular flexibility index (Phi) is 43.8. The van der Waals surface area contributed by atoms with Crippen molar-refractivity contribution in [3.8, 4) is 0 Å². The topological polar surface area (TPSA) is 110 Å². The van der Waals surface area contributed by atoms with Crippen LogP contribution in [0.15, 0.2) is 47.4 Å². The molecule has 7 nitrogen and oxygen atoms in total. The van der Waals surface area contributed by atoms with Gasteiger partial charge >= 0.3 is 63.3 Å². The Hall–Kier alpha value is -0.814. The van der Waals surface area contributed by atoms with Gasteiger partial charge in [0.05, 0.1) is 29.2 Å². The maximum atomic E-state index is 13.0. The van der Waals surface area contributed by atoms with Gasteiger partial charge in [0.25, 0.3) is 0 Å². The summed E-state index contributed by atoms with van der Waals surface area (Å²) in [6, 6.07) is 3.13. The number of allylic oxidation sites excluding steroid dienone is 4. The molecule has 0 heterocycles. The summed E-state index contributed by atoms with van der Waals surface area (Å²) in [5.74, 6) is -1.57. The van der Waals surface area contributed by atoms with Gasteiger partial charge in [-0.2, -0.15) is 0 Å². The molecule has 0 aliphatic rings. The van der Waals surface area contributed by atoms with Crippen LogP contribution in [0.4, 0.5) is 0 Å². The molecule has 0 atom stereocenters. The molecule has 1 rings (SSSR count). The molecule has 0 saturated heterocycles. The molecular weight excluding hydrogens is 808 g/mol. The fourth-order valence-corrected chi connectivity index (χ4v) is 8.12. The number of carbonyl (C=O) groups is 2. The van der Waals surface area contributed by atoms with Crippen molar-refractivity contribution in [2.24, 2.45) is 0 Å². The summed E-state index contributed by atoms with van der Waals surface area (Å²) in [5.41, 5.74) is -0.355. The standard InChI is InChI=1S/C52H90O7S.K/c1-3-5-7-9-11-13-15-17-19-21-23-25-27-29-31-33-35-37-39-41-45-58-51(53)49-44-43-48(60(55,56)57)47-50(49)52(54)59-46-42-40-38-36-34-32-30-28-26-24-22-20-18-16-14-12-10-8-6-4-2;/h29-32,43-44,47H,3-28,33-42,45-46H2,1-2H3,(H,55,56,57);/q;+1/p-1/b31-29+,32-30+;. The molecule has 0 aromatic heterocycles. The van der Waals surface area contributed by atoms with Crippen molar-refractivity contribution in [2.75, 3.05) is 13.2 Å². The van der Waals surface area contributed by atoms with E-state index in [4.69, 9.17) is 9.47 Å². The van der Waals surface area contributed by atoms with Crippen LogP contribution in [-0.2, 0) is 19.6 Å². The van der Waals surface area contributed by atoms with Crippen LogP contribution in [-0.4, -0.2) is 38.1 Å². The van der Waals surface area contributed by atoms with Gasteiger partial charge in [-0.3, -0.25) is 0 Å². The molecule has 0 N–H and O–H groups in total. The second-order valence-electron chi connectivity index (χ2n) is 17.1. The first-order valence-corrected chi connectivity index (χ1v) is 26.5. The van der Waals surface area contributed by atoms with Crippen molar-refractivity contribution < 1.29 is 83.4 Å². The van der Waals surface area contributed by atoms with Crippen LogP contribution < -0.4 is 51.4 Å². The molecule has 0 bridgehead atoms. The Labute approximate surface area is 418 Å². The first-order valence-electron chi connectivity index (χ1n) is 25.0. The van der Waals surface area contributed by atoms with Crippen molar-refractivity contribution in [2.45, 2.75) is 250 Å². The number of rotatable bonds is 43. The van der Waals surface area contributed by atoms with E-state index < -0.39 is 27.0 Å². The van der Waals surface area contributed by atoms with Gasteiger partial charge in [-0.1, -0.05) is 205 Å². The van der Waals surface area contributed by atoms with E-state index in [0.29, 0.717) is 12.8 Å². The fraction of sp³-hybridized carbons (Fsp3) is 0.769. The van der Waals surface area contributed by atoms with Crippen LogP contribution in [0.25, 0.3) is 0 Å². The summed E-state index contributed by atoms with van der Waals surface area (Å²) in [5, 5.41) is 0. The number of hydrogen-bond donors (Lipinski definition) is 0. The minimum Gasteiger partial charge on any atom is -0.744 e. The molecule has 346 valence electrons. The third-order valence-electron chi connectivity index (χ3n) is 11.5. The molecule has 9 heteroatoms. The summed E-state index contributed by atoms with van der Waals surface area (Å²) in [6.07, 6.45) is 53.8. The number of unbranched alkanes of at least 4 members (excludes halogenated alkanes) is 32. The molecule has 0 spiro atoms. The van der Waals surface area contributed by atoms with E-state index in [1.165, 1.54) is 160 Å². The quantitative estimate of drug-likeness (QED) is 0.0211. The summed E-state index contributed by atoms with van der Waals surface area (Å²) in [4.78, 5) is 25.3. The average molecular weight is 897 g/mol. The van der Waals surface area contributed by atoms with E-state index in [0.717, 1.165) is 76.3 Å². The minimum atomic E-state index is -4.83. The Morgan fingerprint density at radius 2 is 0.721 bits per heavy atom. The van der Waals surface area contributed by atoms with Gasteiger partial charge in [0.1, 0.15) is 10.1 Å². The van der Waals surface area contributed by atoms with E-state index in [-0.39, 0.29) is 75.7 Å². The molecular formula is C52H89KO7S. The van der Waals surface area contributed by atoms with E-state index in [2.05, 4.69) is 38.2 Å². The second-order valence-corrected chi connectivity index (χ2v) is 18.5. The monoisotopic (exact) mass is 897 g/mol. The van der Waals surface area contributed by atoms with Crippen LogP contribution in [0.2, 0.25) is 0 Å². The van der Waals surface area contributed by atoms with Crippen molar-refractivity contribution in [3.63, 3.8) is 0 Å². The van der Waals surface area contributed by atoms with Gasteiger partial charge < -0.3 is 14.0 Å². The first kappa shape index (κ1) is 60.2. The summed E-state index contributed by atoms with van der Waals surface area (Å²) in [7, 11) is -4.83. The minimum absolute atomic E-state index is 0. The van der Waals surface area contributed by atoms with Crippen LogP contribution in [0.3, 0.4) is 0 Å². The zero-order chi connectivity index (χ0) is 43.6. The van der Waals surface area contributed by atoms with Crippen molar-refractivity contribution in [1.82, 2.24) is 0 Å². The van der Waals surface area contributed by atoms with Crippen molar-refractivity contribution in [3.05, 3.63) is 53.6 Å². The SMILES string of the molecule is CCCCCCCCCCCCCC/C=C/CCCCCCOC(=O)c1ccc(S(=O)(=O)[O-])cc1C(=O)OCCCCCC/C=C/CCCCCCCCCCCCCC.[K+]. The molecule has 61 heavy (non-hydrogen) atoms. The molecule has 0 aliphatic carbocycles. The Morgan fingerprint density at radius 3 is 1.03 bits per heavy atom. The predicted octanol–water partition coefficient (Wildman–Crippen LogP) is 13.1. The van der Waals surface area contributed by atoms with Crippen LogP contribution in [0.5, 0.6) is 0 Å². The first-order chi connectivity index (χ1) is 29.3. The Morgan fingerprint density at radius 1 is 0.443 bits per heavy atom. The molecule has 0 amide bonds. The van der Waals surface area contributed by atoms with Crippen molar-refractivity contribution in [1.29, 1.82) is 0 Å². The van der Waals surface area contributed by atoms with Crippen LogP contribution in [0.1, 0.15) is 266 Å². The Bertz CT molecular complexity index is 1340.